The molecule has 4 nitrogen and oxygen atoms in total. The van der Waals surface area contributed by atoms with Crippen molar-refractivity contribution in [2.45, 2.75) is 13.0 Å². The second kappa shape index (κ2) is 8.33. The van der Waals surface area contributed by atoms with Gasteiger partial charge in [-0.25, -0.2) is 4.39 Å². The molecule has 1 atom stereocenters. The molecule has 0 aliphatic heterocycles. The predicted molar refractivity (Wildman–Crippen MR) is 93.7 cm³/mol. The van der Waals surface area contributed by atoms with E-state index in [0.717, 1.165) is 17.2 Å². The van der Waals surface area contributed by atoms with Crippen molar-refractivity contribution in [3.63, 3.8) is 0 Å². The minimum absolute atomic E-state index is 0.0116. The number of methoxy groups -OCH3 is 1. The number of anilines is 1. The van der Waals surface area contributed by atoms with Crippen LogP contribution < -0.4 is 20.1 Å². The van der Waals surface area contributed by atoms with E-state index in [1.54, 1.807) is 19.2 Å². The Hall–Kier alpha value is -2.34. The summed E-state index contributed by atoms with van der Waals surface area (Å²) in [5.41, 5.74) is 0.729. The van der Waals surface area contributed by atoms with Crippen molar-refractivity contribution >= 4 is 23.0 Å². The fourth-order valence-electron chi connectivity index (χ4n) is 1.86. The summed E-state index contributed by atoms with van der Waals surface area (Å²) < 4.78 is 23.6. The van der Waals surface area contributed by atoms with Crippen molar-refractivity contribution in [1.82, 2.24) is 5.32 Å². The van der Waals surface area contributed by atoms with E-state index in [1.165, 1.54) is 12.1 Å². The molecule has 0 spiro atoms. The first-order chi connectivity index (χ1) is 11.1. The summed E-state index contributed by atoms with van der Waals surface area (Å²) in [7, 11) is 1.62. The number of halogens is 1. The average molecular weight is 334 g/mol. The largest absolute Gasteiger partial charge is 0.497 e. The molecule has 2 aromatic carbocycles. The first-order valence-corrected chi connectivity index (χ1v) is 7.57. The van der Waals surface area contributed by atoms with Gasteiger partial charge in [0.1, 0.15) is 23.9 Å². The monoisotopic (exact) mass is 334 g/mol. The van der Waals surface area contributed by atoms with Gasteiger partial charge in [-0.1, -0.05) is 0 Å². The second-order valence-corrected chi connectivity index (χ2v) is 5.40. The number of rotatable bonds is 6. The van der Waals surface area contributed by atoms with Crippen LogP contribution in [0.3, 0.4) is 0 Å². The Balaban J connectivity index is 1.75. The first-order valence-electron chi connectivity index (χ1n) is 7.17. The summed E-state index contributed by atoms with van der Waals surface area (Å²) >= 11 is 5.22. The molecule has 0 saturated heterocycles. The SMILES string of the molecule is COc1ccc(OCC(C)NC(=S)Nc2ccc(F)cc2)cc1. The van der Waals surface area contributed by atoms with E-state index in [0.29, 0.717) is 11.7 Å². The van der Waals surface area contributed by atoms with Gasteiger partial charge in [0.2, 0.25) is 0 Å². The smallest absolute Gasteiger partial charge is 0.171 e. The van der Waals surface area contributed by atoms with E-state index >= 15 is 0 Å². The lowest BCUT2D eigenvalue weighted by Gasteiger charge is -2.17. The van der Waals surface area contributed by atoms with Crippen LogP contribution in [0.1, 0.15) is 6.92 Å². The normalized spacial score (nSPS) is 11.4. The van der Waals surface area contributed by atoms with Crippen molar-refractivity contribution in [2.24, 2.45) is 0 Å². The Morgan fingerprint density at radius 2 is 1.70 bits per heavy atom. The standard InChI is InChI=1S/C17H19FN2O2S/c1-12(11-22-16-9-7-15(21-2)8-10-16)19-17(23)20-14-5-3-13(18)4-6-14/h3-10,12H,11H2,1-2H3,(H2,19,20,23). The zero-order valence-electron chi connectivity index (χ0n) is 13.0. The topological polar surface area (TPSA) is 42.5 Å². The van der Waals surface area contributed by atoms with Gasteiger partial charge in [-0.2, -0.15) is 0 Å². The molecule has 0 heterocycles. The summed E-state index contributed by atoms with van der Waals surface area (Å²) in [5, 5.41) is 6.57. The zero-order chi connectivity index (χ0) is 16.7. The number of benzene rings is 2. The molecule has 1 unspecified atom stereocenters. The molecule has 0 aliphatic carbocycles. The molecule has 23 heavy (non-hydrogen) atoms. The molecule has 2 N–H and O–H groups in total. The maximum absolute atomic E-state index is 12.8. The summed E-state index contributed by atoms with van der Waals surface area (Å²) in [6.07, 6.45) is 0. The maximum Gasteiger partial charge on any atom is 0.171 e. The third-order valence-corrected chi connectivity index (χ3v) is 3.26. The van der Waals surface area contributed by atoms with Crippen LogP contribution in [0.25, 0.3) is 0 Å². The lowest BCUT2D eigenvalue weighted by Crippen LogP contribution is -2.39. The van der Waals surface area contributed by atoms with Gasteiger partial charge in [0.15, 0.2) is 5.11 Å². The van der Waals surface area contributed by atoms with E-state index in [9.17, 15) is 4.39 Å². The molecule has 6 heteroatoms. The van der Waals surface area contributed by atoms with Crippen LogP contribution in [0.4, 0.5) is 10.1 Å². The molecule has 0 bridgehead atoms. The van der Waals surface area contributed by atoms with Gasteiger partial charge < -0.3 is 20.1 Å². The molecule has 0 amide bonds. The van der Waals surface area contributed by atoms with Crippen LogP contribution in [0.15, 0.2) is 48.5 Å². The van der Waals surface area contributed by atoms with E-state index in [-0.39, 0.29) is 11.9 Å². The fraction of sp³-hybridized carbons (Fsp3) is 0.235. The number of thiocarbonyl (C=S) groups is 1. The summed E-state index contributed by atoms with van der Waals surface area (Å²) in [5.74, 6) is 1.26. The molecule has 122 valence electrons. The fourth-order valence-corrected chi connectivity index (χ4v) is 2.18. The van der Waals surface area contributed by atoms with Gasteiger partial charge in [-0.3, -0.25) is 0 Å². The van der Waals surface area contributed by atoms with Crippen LogP contribution in [-0.4, -0.2) is 24.9 Å². The lowest BCUT2D eigenvalue weighted by molar-refractivity contribution is 0.286. The highest BCUT2D eigenvalue weighted by atomic mass is 32.1. The summed E-state index contributed by atoms with van der Waals surface area (Å²) in [6, 6.07) is 13.4. The third kappa shape index (κ3) is 5.75. The van der Waals surface area contributed by atoms with Crippen molar-refractivity contribution < 1.29 is 13.9 Å². The average Bonchev–Trinajstić information content (AvgIpc) is 2.55. The van der Waals surface area contributed by atoms with Crippen LogP contribution in [0.2, 0.25) is 0 Å². The molecule has 0 radical (unpaired) electrons. The van der Waals surface area contributed by atoms with Crippen molar-refractivity contribution in [3.05, 3.63) is 54.3 Å². The minimum atomic E-state index is -0.282. The summed E-state index contributed by atoms with van der Waals surface area (Å²) in [6.45, 7) is 2.42. The molecule has 0 aliphatic rings. The highest BCUT2D eigenvalue weighted by molar-refractivity contribution is 7.80. The Kier molecular flexibility index (Phi) is 6.17. The van der Waals surface area contributed by atoms with E-state index in [4.69, 9.17) is 21.7 Å². The summed E-state index contributed by atoms with van der Waals surface area (Å²) in [4.78, 5) is 0. The van der Waals surface area contributed by atoms with Gasteiger partial charge in [0.05, 0.1) is 13.2 Å². The van der Waals surface area contributed by atoms with Gasteiger partial charge in [-0.15, -0.1) is 0 Å². The Bertz CT molecular complexity index is 632. The second-order valence-electron chi connectivity index (χ2n) is 4.99. The van der Waals surface area contributed by atoms with Crippen LogP contribution in [0.5, 0.6) is 11.5 Å². The number of hydrogen-bond acceptors (Lipinski definition) is 3. The Morgan fingerprint density at radius 1 is 1.09 bits per heavy atom. The molecular formula is C17H19FN2O2S. The predicted octanol–water partition coefficient (Wildman–Crippen LogP) is 3.59. The molecule has 2 aromatic rings. The number of ether oxygens (including phenoxy) is 2. The Morgan fingerprint density at radius 3 is 2.30 bits per heavy atom. The van der Waals surface area contributed by atoms with Crippen molar-refractivity contribution in [3.8, 4) is 11.5 Å². The van der Waals surface area contributed by atoms with Gasteiger partial charge in [0.25, 0.3) is 0 Å². The number of hydrogen-bond donors (Lipinski definition) is 2. The molecule has 0 saturated carbocycles. The van der Waals surface area contributed by atoms with E-state index < -0.39 is 0 Å². The first kappa shape index (κ1) is 17.0. The van der Waals surface area contributed by atoms with Crippen LogP contribution in [0, 0.1) is 5.82 Å². The van der Waals surface area contributed by atoms with Gasteiger partial charge >= 0.3 is 0 Å². The van der Waals surface area contributed by atoms with E-state index in [2.05, 4.69) is 10.6 Å². The highest BCUT2D eigenvalue weighted by Crippen LogP contribution is 2.17. The molecule has 0 aromatic heterocycles. The zero-order valence-corrected chi connectivity index (χ0v) is 13.8. The molecule has 2 rings (SSSR count). The molecule has 0 fully saturated rings. The third-order valence-electron chi connectivity index (χ3n) is 3.04. The van der Waals surface area contributed by atoms with Gasteiger partial charge in [-0.05, 0) is 67.7 Å². The number of nitrogens with one attached hydrogen (secondary N) is 2. The lowest BCUT2D eigenvalue weighted by atomic mass is 10.3. The van der Waals surface area contributed by atoms with E-state index in [1.807, 2.05) is 31.2 Å². The van der Waals surface area contributed by atoms with Crippen LogP contribution >= 0.6 is 12.2 Å². The Labute approximate surface area is 140 Å². The van der Waals surface area contributed by atoms with Crippen LogP contribution in [-0.2, 0) is 0 Å². The van der Waals surface area contributed by atoms with Crippen molar-refractivity contribution in [2.75, 3.05) is 19.0 Å². The maximum atomic E-state index is 12.8. The minimum Gasteiger partial charge on any atom is -0.497 e. The van der Waals surface area contributed by atoms with Gasteiger partial charge in [0, 0.05) is 5.69 Å². The highest BCUT2D eigenvalue weighted by Gasteiger charge is 2.06. The van der Waals surface area contributed by atoms with Crippen molar-refractivity contribution in [1.29, 1.82) is 0 Å². The molecular weight excluding hydrogens is 315 g/mol. The quantitative estimate of drug-likeness (QED) is 0.790.